The van der Waals surface area contributed by atoms with Crippen molar-refractivity contribution in [3.8, 4) is 5.75 Å². The predicted octanol–water partition coefficient (Wildman–Crippen LogP) is 2.66. The van der Waals surface area contributed by atoms with Crippen molar-refractivity contribution in [3.63, 3.8) is 0 Å². The minimum Gasteiger partial charge on any atom is -0.494 e. The van der Waals surface area contributed by atoms with Crippen molar-refractivity contribution >= 4 is 5.69 Å². The molecule has 3 nitrogen and oxygen atoms in total. The molecule has 18 heavy (non-hydrogen) atoms. The van der Waals surface area contributed by atoms with Crippen molar-refractivity contribution in [2.75, 3.05) is 31.1 Å². The van der Waals surface area contributed by atoms with Gasteiger partial charge in [-0.25, -0.2) is 0 Å². The molecular weight excluding hydrogens is 224 g/mol. The topological polar surface area (TPSA) is 24.5 Å². The Bertz CT molecular complexity index is 350. The normalized spacial score (nSPS) is 20.6. The van der Waals surface area contributed by atoms with Crippen LogP contribution in [0.5, 0.6) is 5.75 Å². The van der Waals surface area contributed by atoms with E-state index in [9.17, 15) is 0 Å². The fourth-order valence-electron chi connectivity index (χ4n) is 2.43. The zero-order valence-corrected chi connectivity index (χ0v) is 11.5. The number of hydrogen-bond donors (Lipinski definition) is 1. The summed E-state index contributed by atoms with van der Waals surface area (Å²) < 4.78 is 5.48. The summed E-state index contributed by atoms with van der Waals surface area (Å²) in [7, 11) is 0. The number of anilines is 1. The third kappa shape index (κ3) is 3.39. The van der Waals surface area contributed by atoms with Crippen molar-refractivity contribution in [1.29, 1.82) is 0 Å². The molecule has 0 aromatic heterocycles. The van der Waals surface area contributed by atoms with Crippen LogP contribution in [0.2, 0.25) is 0 Å². The summed E-state index contributed by atoms with van der Waals surface area (Å²) in [5.74, 6) is 0.959. The van der Waals surface area contributed by atoms with Crippen LogP contribution in [-0.2, 0) is 0 Å². The van der Waals surface area contributed by atoms with Gasteiger partial charge in [0.25, 0.3) is 0 Å². The van der Waals surface area contributed by atoms with Gasteiger partial charge in [-0.1, -0.05) is 6.92 Å². The van der Waals surface area contributed by atoms with Gasteiger partial charge >= 0.3 is 0 Å². The van der Waals surface area contributed by atoms with E-state index in [-0.39, 0.29) is 0 Å². The van der Waals surface area contributed by atoms with Crippen LogP contribution >= 0.6 is 0 Å². The van der Waals surface area contributed by atoms with E-state index in [0.29, 0.717) is 6.04 Å². The predicted molar refractivity (Wildman–Crippen MR) is 76.5 cm³/mol. The lowest BCUT2D eigenvalue weighted by Crippen LogP contribution is -2.37. The highest BCUT2D eigenvalue weighted by Gasteiger charge is 2.16. The van der Waals surface area contributed by atoms with Gasteiger partial charge in [-0.05, 0) is 50.6 Å². The Morgan fingerprint density at radius 3 is 2.72 bits per heavy atom. The monoisotopic (exact) mass is 248 g/mol. The molecule has 1 aromatic carbocycles. The van der Waals surface area contributed by atoms with E-state index in [1.165, 1.54) is 18.5 Å². The fraction of sp³-hybridized carbons (Fsp3) is 0.600. The lowest BCUT2D eigenvalue weighted by molar-refractivity contribution is 0.340. The van der Waals surface area contributed by atoms with E-state index in [1.54, 1.807) is 0 Å². The molecule has 0 spiro atoms. The third-order valence-electron chi connectivity index (χ3n) is 3.48. The zero-order chi connectivity index (χ0) is 12.8. The molecule has 0 saturated carbocycles. The van der Waals surface area contributed by atoms with Crippen molar-refractivity contribution in [3.05, 3.63) is 24.3 Å². The van der Waals surface area contributed by atoms with Gasteiger partial charge in [0.1, 0.15) is 5.75 Å². The van der Waals surface area contributed by atoms with Crippen molar-refractivity contribution in [1.82, 2.24) is 5.32 Å². The average Bonchev–Trinajstić information content (AvgIpc) is 2.65. The summed E-state index contributed by atoms with van der Waals surface area (Å²) in [4.78, 5) is 2.48. The van der Waals surface area contributed by atoms with E-state index in [0.717, 1.165) is 32.0 Å². The SMILES string of the molecule is CCOc1ccc(N2CCCNC(CC)C2)cc1. The van der Waals surface area contributed by atoms with Crippen LogP contribution in [0.1, 0.15) is 26.7 Å². The number of ether oxygens (including phenoxy) is 1. The molecule has 2 rings (SSSR count). The molecule has 1 fully saturated rings. The van der Waals surface area contributed by atoms with Crippen molar-refractivity contribution < 1.29 is 4.74 Å². The Morgan fingerprint density at radius 1 is 1.28 bits per heavy atom. The molecule has 0 radical (unpaired) electrons. The van der Waals surface area contributed by atoms with Crippen LogP contribution in [0.3, 0.4) is 0 Å². The summed E-state index contributed by atoms with van der Waals surface area (Å²) in [5, 5.41) is 3.60. The van der Waals surface area contributed by atoms with E-state index >= 15 is 0 Å². The van der Waals surface area contributed by atoms with Gasteiger partial charge < -0.3 is 15.0 Å². The van der Waals surface area contributed by atoms with Crippen LogP contribution in [0.4, 0.5) is 5.69 Å². The Morgan fingerprint density at radius 2 is 2.06 bits per heavy atom. The van der Waals surface area contributed by atoms with Gasteiger partial charge in [0.15, 0.2) is 0 Å². The summed E-state index contributed by atoms with van der Waals surface area (Å²) in [6, 6.07) is 9.08. The molecule has 1 atom stereocenters. The second kappa shape index (κ2) is 6.64. The molecule has 1 aromatic rings. The summed E-state index contributed by atoms with van der Waals surface area (Å²) in [6.45, 7) is 8.36. The molecular formula is C15H24N2O. The molecule has 0 aliphatic carbocycles. The highest BCUT2D eigenvalue weighted by molar-refractivity contribution is 5.49. The van der Waals surface area contributed by atoms with Crippen LogP contribution < -0.4 is 15.0 Å². The second-order valence-electron chi connectivity index (χ2n) is 4.79. The molecule has 1 unspecified atom stereocenters. The highest BCUT2D eigenvalue weighted by atomic mass is 16.5. The maximum Gasteiger partial charge on any atom is 0.119 e. The van der Waals surface area contributed by atoms with Gasteiger partial charge in [0.05, 0.1) is 6.61 Å². The van der Waals surface area contributed by atoms with Crippen molar-refractivity contribution in [2.45, 2.75) is 32.7 Å². The number of hydrogen-bond acceptors (Lipinski definition) is 3. The number of benzene rings is 1. The van der Waals surface area contributed by atoms with Gasteiger partial charge in [0, 0.05) is 24.8 Å². The van der Waals surface area contributed by atoms with E-state index in [1.807, 2.05) is 6.92 Å². The Hall–Kier alpha value is -1.22. The fourth-order valence-corrected chi connectivity index (χ4v) is 2.43. The molecule has 3 heteroatoms. The van der Waals surface area contributed by atoms with Crippen LogP contribution in [-0.4, -0.2) is 32.3 Å². The molecule has 1 heterocycles. The lowest BCUT2D eigenvalue weighted by Gasteiger charge is -2.26. The summed E-state index contributed by atoms with van der Waals surface area (Å²) >= 11 is 0. The minimum absolute atomic E-state index is 0.610. The van der Waals surface area contributed by atoms with E-state index in [4.69, 9.17) is 4.74 Å². The molecule has 0 bridgehead atoms. The van der Waals surface area contributed by atoms with Crippen LogP contribution in [0.25, 0.3) is 0 Å². The molecule has 100 valence electrons. The standard InChI is InChI=1S/C15H24N2O/c1-3-13-12-17(11-5-10-16-13)14-6-8-15(9-7-14)18-4-2/h6-9,13,16H,3-5,10-12H2,1-2H3. The van der Waals surface area contributed by atoms with Crippen molar-refractivity contribution in [2.24, 2.45) is 0 Å². The molecule has 0 amide bonds. The van der Waals surface area contributed by atoms with E-state index < -0.39 is 0 Å². The quantitative estimate of drug-likeness (QED) is 0.886. The van der Waals surface area contributed by atoms with Crippen LogP contribution in [0, 0.1) is 0 Å². The molecule has 1 aliphatic rings. The van der Waals surface area contributed by atoms with Gasteiger partial charge in [0.2, 0.25) is 0 Å². The number of nitrogens with one attached hydrogen (secondary N) is 1. The Labute approximate surface area is 110 Å². The van der Waals surface area contributed by atoms with Gasteiger partial charge in [-0.3, -0.25) is 0 Å². The highest BCUT2D eigenvalue weighted by Crippen LogP contribution is 2.21. The Balaban J connectivity index is 2.04. The first kappa shape index (κ1) is 13.2. The van der Waals surface area contributed by atoms with E-state index in [2.05, 4.69) is 41.4 Å². The second-order valence-corrected chi connectivity index (χ2v) is 4.79. The largest absolute Gasteiger partial charge is 0.494 e. The number of rotatable bonds is 4. The van der Waals surface area contributed by atoms with Crippen LogP contribution in [0.15, 0.2) is 24.3 Å². The molecule has 1 N–H and O–H groups in total. The first-order chi connectivity index (χ1) is 8.83. The smallest absolute Gasteiger partial charge is 0.119 e. The first-order valence-corrected chi connectivity index (χ1v) is 7.04. The molecule has 1 saturated heterocycles. The Kier molecular flexibility index (Phi) is 4.88. The number of nitrogens with zero attached hydrogens (tertiary/aromatic N) is 1. The zero-order valence-electron chi connectivity index (χ0n) is 11.5. The maximum atomic E-state index is 5.48. The lowest BCUT2D eigenvalue weighted by atomic mass is 10.2. The first-order valence-electron chi connectivity index (χ1n) is 7.04. The van der Waals surface area contributed by atoms with Gasteiger partial charge in [-0.2, -0.15) is 0 Å². The summed E-state index contributed by atoms with van der Waals surface area (Å²) in [6.07, 6.45) is 2.40. The summed E-state index contributed by atoms with van der Waals surface area (Å²) in [5.41, 5.74) is 1.31. The third-order valence-corrected chi connectivity index (χ3v) is 3.48. The maximum absolute atomic E-state index is 5.48. The minimum atomic E-state index is 0.610. The molecule has 1 aliphatic heterocycles. The average molecular weight is 248 g/mol. The van der Waals surface area contributed by atoms with Gasteiger partial charge in [-0.15, -0.1) is 0 Å².